The van der Waals surface area contributed by atoms with Crippen molar-refractivity contribution in [3.8, 4) is 17.2 Å². The van der Waals surface area contributed by atoms with Crippen molar-refractivity contribution < 1.29 is 28.6 Å². The molecule has 285 valence electrons. The third-order valence-electron chi connectivity index (χ3n) is 8.40. The van der Waals surface area contributed by atoms with E-state index in [-0.39, 0.29) is 17.4 Å². The molecule has 3 aromatic rings. The summed E-state index contributed by atoms with van der Waals surface area (Å²) < 4.78 is 16.8. The van der Waals surface area contributed by atoms with Crippen molar-refractivity contribution in [1.82, 2.24) is 0 Å². The van der Waals surface area contributed by atoms with Gasteiger partial charge in [-0.05, 0) is 55.7 Å². The Morgan fingerprint density at radius 2 is 0.596 bits per heavy atom. The van der Waals surface area contributed by atoms with Crippen LogP contribution in [0.5, 0.6) is 17.2 Å². The van der Waals surface area contributed by atoms with Gasteiger partial charge in [-0.2, -0.15) is 0 Å². The summed E-state index contributed by atoms with van der Waals surface area (Å²) in [5.41, 5.74) is 1.91. The number of para-hydroxylation sites is 3. The third-order valence-corrected chi connectivity index (χ3v) is 8.40. The van der Waals surface area contributed by atoms with Gasteiger partial charge in [-0.3, -0.25) is 14.4 Å². The molecule has 0 unspecified atom stereocenters. The van der Waals surface area contributed by atoms with E-state index >= 15 is 0 Å². The highest BCUT2D eigenvalue weighted by molar-refractivity contribution is 5.80. The van der Waals surface area contributed by atoms with E-state index < -0.39 is 0 Å². The second-order valence-corrected chi connectivity index (χ2v) is 12.8. The zero-order valence-electron chi connectivity index (χ0n) is 32.5. The molecule has 0 atom stereocenters. The van der Waals surface area contributed by atoms with Crippen LogP contribution in [0, 0.1) is 0 Å². The minimum Gasteiger partial charge on any atom is -0.493 e. The highest BCUT2D eigenvalue weighted by atomic mass is 27.0. The molecule has 0 aliphatic rings. The molecule has 0 bridgehead atoms. The maximum absolute atomic E-state index is 10.8. The predicted octanol–water partition coefficient (Wildman–Crippen LogP) is 12.3. The van der Waals surface area contributed by atoms with Gasteiger partial charge in [0, 0.05) is 17.4 Å². The molecular formula is C45H66AlO6. The first kappa shape index (κ1) is 48.6. The molecule has 0 N–H and O–H groups in total. The van der Waals surface area contributed by atoms with E-state index in [0.717, 1.165) is 38.1 Å². The van der Waals surface area contributed by atoms with Crippen molar-refractivity contribution in [2.45, 2.75) is 136 Å². The van der Waals surface area contributed by atoms with Crippen LogP contribution in [0.4, 0.5) is 0 Å². The van der Waals surface area contributed by atoms with Gasteiger partial charge in [0.25, 0.3) is 0 Å². The van der Waals surface area contributed by atoms with Crippen LogP contribution in [0.2, 0.25) is 0 Å². The first-order valence-corrected chi connectivity index (χ1v) is 19.7. The van der Waals surface area contributed by atoms with E-state index in [1.165, 1.54) is 96.3 Å². The number of carbonyl (C=O) groups is 3. The molecule has 3 rings (SSSR count). The zero-order chi connectivity index (χ0) is 37.0. The fourth-order valence-electron chi connectivity index (χ4n) is 5.32. The Morgan fingerprint density at radius 1 is 0.365 bits per heavy atom. The molecule has 0 heterocycles. The first-order valence-electron chi connectivity index (χ1n) is 19.7. The number of benzene rings is 3. The lowest BCUT2D eigenvalue weighted by atomic mass is 10.1. The minimum atomic E-state index is 0. The van der Waals surface area contributed by atoms with Gasteiger partial charge in [0.15, 0.2) is 18.9 Å². The molecule has 0 saturated carbocycles. The van der Waals surface area contributed by atoms with Crippen LogP contribution in [0.25, 0.3) is 0 Å². The van der Waals surface area contributed by atoms with Crippen molar-refractivity contribution in [3.05, 3.63) is 89.5 Å². The normalized spacial score (nSPS) is 9.98. The summed E-state index contributed by atoms with van der Waals surface area (Å²) >= 11 is 0. The summed E-state index contributed by atoms with van der Waals surface area (Å²) in [6.45, 7) is 8.78. The van der Waals surface area contributed by atoms with Crippen molar-refractivity contribution >= 4 is 36.2 Å². The summed E-state index contributed by atoms with van der Waals surface area (Å²) in [6.07, 6.45) is 25.0. The molecule has 0 aliphatic carbocycles. The minimum absolute atomic E-state index is 0. The molecule has 0 aliphatic heterocycles. The Kier molecular flexibility index (Phi) is 33.6. The number of ether oxygens (including phenoxy) is 3. The zero-order valence-corrected chi connectivity index (χ0v) is 33.7. The topological polar surface area (TPSA) is 78.9 Å². The number of aldehydes is 3. The van der Waals surface area contributed by atoms with Crippen molar-refractivity contribution in [1.29, 1.82) is 0 Å². The van der Waals surface area contributed by atoms with Crippen LogP contribution in [0.3, 0.4) is 0 Å². The Bertz CT molecular complexity index is 1120. The van der Waals surface area contributed by atoms with Crippen LogP contribution in [-0.4, -0.2) is 56.0 Å². The van der Waals surface area contributed by atoms with E-state index in [0.29, 0.717) is 53.8 Å². The Balaban J connectivity index is 0.000000743. The number of carbonyl (C=O) groups excluding carboxylic acids is 3. The predicted molar refractivity (Wildman–Crippen MR) is 218 cm³/mol. The molecule has 6 nitrogen and oxygen atoms in total. The molecule has 52 heavy (non-hydrogen) atoms. The highest BCUT2D eigenvalue weighted by Gasteiger charge is 2.03. The van der Waals surface area contributed by atoms with Crippen LogP contribution in [0.15, 0.2) is 72.8 Å². The number of unbranched alkanes of at least 4 members (excludes halogenated alkanes) is 15. The van der Waals surface area contributed by atoms with E-state index in [1.807, 2.05) is 54.6 Å². The number of rotatable bonds is 27. The monoisotopic (exact) mass is 729 g/mol. The lowest BCUT2D eigenvalue weighted by Crippen LogP contribution is -1.99. The Hall–Kier alpha value is -3.40. The molecule has 0 aromatic heterocycles. The van der Waals surface area contributed by atoms with Gasteiger partial charge >= 0.3 is 0 Å². The summed E-state index contributed by atoms with van der Waals surface area (Å²) in [6, 6.07) is 22.1. The lowest BCUT2D eigenvalue weighted by molar-refractivity contribution is 0.111. The second-order valence-electron chi connectivity index (χ2n) is 12.8. The van der Waals surface area contributed by atoms with Gasteiger partial charge < -0.3 is 14.2 Å². The molecule has 7 heteroatoms. The molecular weight excluding hydrogens is 663 g/mol. The van der Waals surface area contributed by atoms with Gasteiger partial charge in [-0.1, -0.05) is 153 Å². The average Bonchev–Trinajstić information content (AvgIpc) is 3.17. The molecule has 3 aromatic carbocycles. The first-order chi connectivity index (χ1) is 25.1. The highest BCUT2D eigenvalue weighted by Crippen LogP contribution is 2.18. The van der Waals surface area contributed by atoms with Gasteiger partial charge in [0.05, 0.1) is 36.5 Å². The number of hydrogen-bond acceptors (Lipinski definition) is 6. The second kappa shape index (κ2) is 36.0. The summed E-state index contributed by atoms with van der Waals surface area (Å²) in [5.74, 6) is 2.11. The van der Waals surface area contributed by atoms with Crippen molar-refractivity contribution in [2.24, 2.45) is 0 Å². The molecule has 0 saturated heterocycles. The van der Waals surface area contributed by atoms with Crippen LogP contribution >= 0.6 is 0 Å². The Morgan fingerprint density at radius 3 is 0.846 bits per heavy atom. The van der Waals surface area contributed by atoms with E-state index in [1.54, 1.807) is 18.2 Å². The maximum Gasteiger partial charge on any atom is 0.153 e. The largest absolute Gasteiger partial charge is 0.493 e. The third kappa shape index (κ3) is 24.7. The van der Waals surface area contributed by atoms with Crippen LogP contribution in [0.1, 0.15) is 167 Å². The SMILES string of the molecule is CCCCCCCCOc1ccccc1C=O.CCCCCCCCOc1ccccc1C=O.CCCCCCCCOc1ccccc1C=O.[Al]. The van der Waals surface area contributed by atoms with Gasteiger partial charge in [-0.25, -0.2) is 0 Å². The fraction of sp³-hybridized carbons (Fsp3) is 0.533. The molecule has 0 amide bonds. The van der Waals surface area contributed by atoms with Crippen molar-refractivity contribution in [3.63, 3.8) is 0 Å². The molecule has 3 radical (unpaired) electrons. The molecule has 0 spiro atoms. The maximum atomic E-state index is 10.8. The van der Waals surface area contributed by atoms with Gasteiger partial charge in [0.1, 0.15) is 17.2 Å². The summed E-state index contributed by atoms with van der Waals surface area (Å²) in [4.78, 5) is 32.3. The van der Waals surface area contributed by atoms with E-state index in [9.17, 15) is 14.4 Å². The summed E-state index contributed by atoms with van der Waals surface area (Å²) in [5, 5.41) is 0. The fourth-order valence-corrected chi connectivity index (χ4v) is 5.32. The average molecular weight is 730 g/mol. The number of hydrogen-bond donors (Lipinski definition) is 0. The lowest BCUT2D eigenvalue weighted by Gasteiger charge is -2.07. The quantitative estimate of drug-likeness (QED) is 0.0441. The standard InChI is InChI=1S/3C15H22O2.Al/c3*1-2-3-4-5-6-9-12-17-15-11-8-7-10-14(15)13-16;/h3*7-8,10-11,13H,2-6,9,12H2,1H3;. The Labute approximate surface area is 326 Å². The van der Waals surface area contributed by atoms with Crippen molar-refractivity contribution in [2.75, 3.05) is 19.8 Å². The van der Waals surface area contributed by atoms with Crippen LogP contribution in [-0.2, 0) is 0 Å². The smallest absolute Gasteiger partial charge is 0.153 e. The molecule has 0 fully saturated rings. The van der Waals surface area contributed by atoms with E-state index in [4.69, 9.17) is 14.2 Å². The van der Waals surface area contributed by atoms with Gasteiger partial charge in [-0.15, -0.1) is 0 Å². The van der Waals surface area contributed by atoms with Gasteiger partial charge in [0.2, 0.25) is 0 Å². The van der Waals surface area contributed by atoms with Crippen LogP contribution < -0.4 is 14.2 Å². The summed E-state index contributed by atoms with van der Waals surface area (Å²) in [7, 11) is 0. The van der Waals surface area contributed by atoms with E-state index in [2.05, 4.69) is 20.8 Å².